The normalized spacial score (nSPS) is 10.2. The molecular formula is C14H11IO4. The summed E-state index contributed by atoms with van der Waals surface area (Å²) in [5.41, 5.74) is 0.820. The Morgan fingerprint density at radius 3 is 2.58 bits per heavy atom. The SMILES string of the molecule is Cc1cccc(I)c1Oc1ccc(C(=O)O)c(O)c1. The second-order valence-electron chi connectivity index (χ2n) is 3.97. The van der Waals surface area contributed by atoms with Gasteiger partial charge in [-0.15, -0.1) is 0 Å². The first-order valence-corrected chi connectivity index (χ1v) is 6.56. The Hall–Kier alpha value is -1.76. The van der Waals surface area contributed by atoms with Crippen LogP contribution in [0.3, 0.4) is 0 Å². The number of hydrogen-bond acceptors (Lipinski definition) is 3. The largest absolute Gasteiger partial charge is 0.507 e. The maximum atomic E-state index is 10.8. The topological polar surface area (TPSA) is 66.8 Å². The van der Waals surface area contributed by atoms with Crippen LogP contribution in [0.2, 0.25) is 0 Å². The number of halogens is 1. The fourth-order valence-electron chi connectivity index (χ4n) is 1.62. The predicted molar refractivity (Wildman–Crippen MR) is 79.0 cm³/mol. The first-order valence-electron chi connectivity index (χ1n) is 5.48. The minimum Gasteiger partial charge on any atom is -0.507 e. The van der Waals surface area contributed by atoms with Crippen LogP contribution in [-0.2, 0) is 0 Å². The smallest absolute Gasteiger partial charge is 0.339 e. The van der Waals surface area contributed by atoms with Gasteiger partial charge < -0.3 is 14.9 Å². The number of aromatic hydroxyl groups is 1. The summed E-state index contributed by atoms with van der Waals surface area (Å²) in [4.78, 5) is 10.8. The van der Waals surface area contributed by atoms with E-state index in [-0.39, 0.29) is 11.3 Å². The van der Waals surface area contributed by atoms with Gasteiger partial charge in [-0.1, -0.05) is 12.1 Å². The van der Waals surface area contributed by atoms with Crippen LogP contribution in [0.1, 0.15) is 15.9 Å². The number of carbonyl (C=O) groups is 1. The lowest BCUT2D eigenvalue weighted by Gasteiger charge is -2.11. The molecule has 0 aliphatic rings. The summed E-state index contributed by atoms with van der Waals surface area (Å²) in [5, 5.41) is 18.4. The van der Waals surface area contributed by atoms with Gasteiger partial charge in [0.25, 0.3) is 0 Å². The van der Waals surface area contributed by atoms with E-state index in [1.165, 1.54) is 18.2 Å². The number of aromatic carboxylic acids is 1. The first-order chi connectivity index (χ1) is 8.99. The molecule has 4 nitrogen and oxygen atoms in total. The monoisotopic (exact) mass is 370 g/mol. The highest BCUT2D eigenvalue weighted by atomic mass is 127. The molecule has 0 heterocycles. The minimum atomic E-state index is -1.17. The van der Waals surface area contributed by atoms with E-state index in [0.29, 0.717) is 11.5 Å². The summed E-state index contributed by atoms with van der Waals surface area (Å²) in [6, 6.07) is 9.89. The van der Waals surface area contributed by atoms with Crippen LogP contribution in [0.15, 0.2) is 36.4 Å². The van der Waals surface area contributed by atoms with Crippen molar-refractivity contribution in [2.45, 2.75) is 6.92 Å². The molecule has 0 bridgehead atoms. The summed E-state index contributed by atoms with van der Waals surface area (Å²) in [7, 11) is 0. The lowest BCUT2D eigenvalue weighted by atomic mass is 10.2. The van der Waals surface area contributed by atoms with E-state index in [0.717, 1.165) is 9.13 Å². The molecule has 0 saturated carbocycles. The number of para-hydroxylation sites is 1. The van der Waals surface area contributed by atoms with E-state index in [1.807, 2.05) is 25.1 Å². The number of benzene rings is 2. The fraction of sp³-hybridized carbons (Fsp3) is 0.0714. The van der Waals surface area contributed by atoms with E-state index in [4.69, 9.17) is 9.84 Å². The average Bonchev–Trinajstić information content (AvgIpc) is 2.33. The molecule has 0 radical (unpaired) electrons. The molecule has 0 spiro atoms. The van der Waals surface area contributed by atoms with Crippen molar-refractivity contribution in [3.05, 3.63) is 51.1 Å². The molecule has 0 fully saturated rings. The van der Waals surface area contributed by atoms with Gasteiger partial charge >= 0.3 is 5.97 Å². The van der Waals surface area contributed by atoms with Gasteiger partial charge in [0.2, 0.25) is 0 Å². The predicted octanol–water partition coefficient (Wildman–Crippen LogP) is 3.80. The van der Waals surface area contributed by atoms with Crippen LogP contribution in [0, 0.1) is 10.5 Å². The molecular weight excluding hydrogens is 359 g/mol. The maximum absolute atomic E-state index is 10.8. The molecule has 2 N–H and O–H groups in total. The quantitative estimate of drug-likeness (QED) is 0.807. The summed E-state index contributed by atoms with van der Waals surface area (Å²) >= 11 is 2.16. The second-order valence-corrected chi connectivity index (χ2v) is 5.13. The molecule has 0 atom stereocenters. The van der Waals surface area contributed by atoms with Crippen molar-refractivity contribution in [2.24, 2.45) is 0 Å². The maximum Gasteiger partial charge on any atom is 0.339 e. The molecule has 0 aromatic heterocycles. The van der Waals surface area contributed by atoms with Crippen LogP contribution in [0.25, 0.3) is 0 Å². The van der Waals surface area contributed by atoms with Crippen molar-refractivity contribution in [1.29, 1.82) is 0 Å². The standard InChI is InChI=1S/C14H11IO4/c1-8-3-2-4-11(15)13(8)19-9-5-6-10(14(17)18)12(16)7-9/h2-7,16H,1H3,(H,17,18). The highest BCUT2D eigenvalue weighted by molar-refractivity contribution is 14.1. The Morgan fingerprint density at radius 2 is 2.00 bits per heavy atom. The Bertz CT molecular complexity index is 617. The van der Waals surface area contributed by atoms with Crippen LogP contribution in [0.5, 0.6) is 17.2 Å². The van der Waals surface area contributed by atoms with Gasteiger partial charge in [-0.05, 0) is 53.3 Å². The van der Waals surface area contributed by atoms with E-state index >= 15 is 0 Å². The zero-order valence-corrected chi connectivity index (χ0v) is 12.2. The van der Waals surface area contributed by atoms with Gasteiger partial charge in [-0.25, -0.2) is 4.79 Å². The first kappa shape index (κ1) is 13.7. The van der Waals surface area contributed by atoms with Crippen LogP contribution < -0.4 is 4.74 Å². The van der Waals surface area contributed by atoms with E-state index in [9.17, 15) is 9.90 Å². The fourth-order valence-corrected chi connectivity index (χ4v) is 2.36. The molecule has 19 heavy (non-hydrogen) atoms. The molecule has 2 aromatic carbocycles. The van der Waals surface area contributed by atoms with Gasteiger partial charge in [-0.2, -0.15) is 0 Å². The van der Waals surface area contributed by atoms with Gasteiger partial charge in [0.05, 0.1) is 3.57 Å². The number of carboxylic acids is 1. The summed E-state index contributed by atoms with van der Waals surface area (Å²) in [6.07, 6.45) is 0. The summed E-state index contributed by atoms with van der Waals surface area (Å²) < 4.78 is 6.64. The Labute approximate surface area is 123 Å². The van der Waals surface area contributed by atoms with Crippen molar-refractivity contribution in [1.82, 2.24) is 0 Å². The second kappa shape index (κ2) is 5.48. The van der Waals surface area contributed by atoms with Gasteiger partial charge in [0.15, 0.2) is 0 Å². The molecule has 0 amide bonds. The van der Waals surface area contributed by atoms with Crippen molar-refractivity contribution >= 4 is 28.6 Å². The van der Waals surface area contributed by atoms with E-state index in [1.54, 1.807) is 0 Å². The third-order valence-corrected chi connectivity index (χ3v) is 3.43. The zero-order chi connectivity index (χ0) is 14.0. The highest BCUT2D eigenvalue weighted by Gasteiger charge is 2.12. The highest BCUT2D eigenvalue weighted by Crippen LogP contribution is 2.32. The Morgan fingerprint density at radius 1 is 1.26 bits per heavy atom. The molecule has 2 rings (SSSR count). The van der Waals surface area contributed by atoms with Crippen LogP contribution in [0.4, 0.5) is 0 Å². The van der Waals surface area contributed by atoms with E-state index < -0.39 is 5.97 Å². The Kier molecular flexibility index (Phi) is 3.94. The molecule has 0 unspecified atom stereocenters. The van der Waals surface area contributed by atoms with Gasteiger partial charge in [0, 0.05) is 6.07 Å². The van der Waals surface area contributed by atoms with Gasteiger partial charge in [-0.3, -0.25) is 0 Å². The average molecular weight is 370 g/mol. The number of rotatable bonds is 3. The van der Waals surface area contributed by atoms with Crippen molar-refractivity contribution in [3.63, 3.8) is 0 Å². The van der Waals surface area contributed by atoms with Crippen molar-refractivity contribution in [3.8, 4) is 17.2 Å². The molecule has 0 aliphatic heterocycles. The Balaban J connectivity index is 2.34. The van der Waals surface area contributed by atoms with Crippen LogP contribution >= 0.6 is 22.6 Å². The van der Waals surface area contributed by atoms with Gasteiger partial charge in [0.1, 0.15) is 22.8 Å². The molecule has 98 valence electrons. The molecule has 2 aromatic rings. The third kappa shape index (κ3) is 2.98. The number of phenols is 1. The summed E-state index contributed by atoms with van der Waals surface area (Å²) in [5.74, 6) is -0.386. The van der Waals surface area contributed by atoms with Crippen LogP contribution in [-0.4, -0.2) is 16.2 Å². The van der Waals surface area contributed by atoms with Crippen molar-refractivity contribution in [2.75, 3.05) is 0 Å². The molecule has 5 heteroatoms. The lowest BCUT2D eigenvalue weighted by molar-refractivity contribution is 0.0693. The lowest BCUT2D eigenvalue weighted by Crippen LogP contribution is -1.97. The summed E-state index contributed by atoms with van der Waals surface area (Å²) in [6.45, 7) is 1.92. The van der Waals surface area contributed by atoms with Crippen molar-refractivity contribution < 1.29 is 19.7 Å². The minimum absolute atomic E-state index is 0.146. The van der Waals surface area contributed by atoms with E-state index in [2.05, 4.69) is 22.6 Å². The number of aryl methyl sites for hydroxylation is 1. The number of carboxylic acid groups (broad SMARTS) is 1. The third-order valence-electron chi connectivity index (χ3n) is 2.58. The zero-order valence-electron chi connectivity index (χ0n) is 10.1. The molecule has 0 aliphatic carbocycles. The number of hydrogen-bond donors (Lipinski definition) is 2. The molecule has 0 saturated heterocycles. The number of ether oxygens (including phenoxy) is 1.